The molecule has 25 aromatic rings. The lowest BCUT2D eigenvalue weighted by Gasteiger charge is -2.19. The summed E-state index contributed by atoms with van der Waals surface area (Å²) in [4.78, 5) is 0. The number of hydrogen-bond acceptors (Lipinski definition) is 3. The van der Waals surface area contributed by atoms with Crippen LogP contribution in [0.5, 0.6) is 0 Å². The molecule has 0 saturated heterocycles. The first kappa shape index (κ1) is 58.6. The summed E-state index contributed by atoms with van der Waals surface area (Å²) >= 11 is 1.93. The molecule has 2 heterocycles. The maximum Gasteiger partial charge on any atom is 0.143 e. The average Bonchev–Trinajstić information content (AvgIpc) is 1.46. The van der Waals surface area contributed by atoms with Crippen LogP contribution < -0.4 is 0 Å². The lowest BCUT2D eigenvalue weighted by atomic mass is 9.84. The van der Waals surface area contributed by atoms with E-state index in [2.05, 4.69) is 329 Å². The zero-order chi connectivity index (χ0) is 70.6. The summed E-state index contributed by atoms with van der Waals surface area (Å²) in [6, 6.07) is 119. The molecular weight excluding hydrogens is 1320 g/mol. The van der Waals surface area contributed by atoms with Crippen molar-refractivity contribution in [3.63, 3.8) is 0 Å². The quantitative estimate of drug-likeness (QED) is 0.156. The van der Waals surface area contributed by atoms with Crippen LogP contribution in [0.1, 0.15) is 16.7 Å². The third kappa shape index (κ3) is 7.54. The minimum atomic E-state index is 0.581. The fourth-order valence-electron chi connectivity index (χ4n) is 20.6. The molecule has 2 nitrogen and oxygen atoms in total. The van der Waals surface area contributed by atoms with Crippen LogP contribution in [-0.2, 0) is 0 Å². The third-order valence-corrected chi connectivity index (χ3v) is 26.0. The zero-order valence-electron chi connectivity index (χ0n) is 58.7. The van der Waals surface area contributed by atoms with Gasteiger partial charge < -0.3 is 4.42 Å². The van der Waals surface area contributed by atoms with E-state index >= 15 is 0 Å². The summed E-state index contributed by atoms with van der Waals surface area (Å²) in [6.45, 7) is 4.46. The summed E-state index contributed by atoms with van der Waals surface area (Å²) in [7, 11) is 0. The number of furan rings is 1. The summed E-state index contributed by atoms with van der Waals surface area (Å²) in [6.07, 6.45) is 0. The van der Waals surface area contributed by atoms with Gasteiger partial charge in [0, 0.05) is 52.7 Å². The molecule has 2 aromatic heterocycles. The Hall–Kier alpha value is -13.8. The monoisotopic (exact) mass is 1380 g/mol. The maximum atomic E-state index is 11.3. The first-order valence-corrected chi connectivity index (χ1v) is 38.2. The summed E-state index contributed by atoms with van der Waals surface area (Å²) in [5.41, 5.74) is 18.9. The Morgan fingerprint density at radius 3 is 1.21 bits per heavy atom. The van der Waals surface area contributed by atoms with Crippen LogP contribution in [0.2, 0.25) is 0 Å². The molecule has 25 rings (SSSR count). The Morgan fingerprint density at radius 1 is 0.231 bits per heavy atom. The van der Waals surface area contributed by atoms with Crippen molar-refractivity contribution >= 4 is 204 Å². The molecule has 0 radical (unpaired) electrons. The van der Waals surface area contributed by atoms with Gasteiger partial charge >= 0.3 is 0 Å². The highest BCUT2D eigenvalue weighted by Crippen LogP contribution is 2.60. The number of rotatable bonds is 6. The zero-order valence-corrected chi connectivity index (χ0v) is 59.5. The molecule has 0 saturated carbocycles. The Balaban J connectivity index is 0.752. The van der Waals surface area contributed by atoms with E-state index in [1.54, 1.807) is 0 Å². The Bertz CT molecular complexity index is 8330. The van der Waals surface area contributed by atoms with Gasteiger partial charge in [-0.15, -0.1) is 11.3 Å². The lowest BCUT2D eigenvalue weighted by Crippen LogP contribution is -1.91. The van der Waals surface area contributed by atoms with E-state index in [0.717, 1.165) is 43.8 Å². The van der Waals surface area contributed by atoms with Gasteiger partial charge in [-0.25, -0.2) is 0 Å². The Kier molecular flexibility index (Phi) is 11.5. The molecule has 0 N–H and O–H groups in total. The number of nitriles is 1. The van der Waals surface area contributed by atoms with Crippen molar-refractivity contribution in [3.8, 4) is 72.8 Å². The number of thiophene rings is 1. The van der Waals surface area contributed by atoms with Crippen LogP contribution >= 0.6 is 11.3 Å². The van der Waals surface area contributed by atoms with Gasteiger partial charge in [0.05, 0.1) is 11.6 Å². The first-order chi connectivity index (χ1) is 53.4. The van der Waals surface area contributed by atoms with Crippen LogP contribution in [0, 0.1) is 25.2 Å². The van der Waals surface area contributed by atoms with E-state index in [9.17, 15) is 5.26 Å². The smallest absolute Gasteiger partial charge is 0.143 e. The maximum absolute atomic E-state index is 11.3. The topological polar surface area (TPSA) is 36.9 Å². The second kappa shape index (κ2) is 21.2. The standard InChI is InChI=1S/C105H57NOS/c1-55-22-17-23-56(2)88(55)63-43-45-67-82-53-86-96-73(39-21-41-75(96)105(82)108-87(67)49-63)100-92(61-30-13-6-14-31-61)98-71-37-19-35-69-77-48-62(42-44-66(77)79(94(69)71)51-84(98)90(102(86)100)59-26-9-4-10-27-59)76-46-57(54-106)47-80-81-52-85-95-72(38-20-40-74(95)103(81)107-104(76)80)99-91(60-28-11-5-12-29-60)97-70-36-18-34-68-64-32-15-16-33-65(64)78(93(68)70)50-83(97)89(101(85)99)58-24-7-3-8-25-58/h3-53H,1-2H3. The van der Waals surface area contributed by atoms with Gasteiger partial charge in [0.25, 0.3) is 0 Å². The minimum Gasteiger partial charge on any atom is -0.455 e. The third-order valence-electron chi connectivity index (χ3n) is 24.8. The Labute approximate surface area is 622 Å². The molecule has 3 heteroatoms. The van der Waals surface area contributed by atoms with Gasteiger partial charge in [0.1, 0.15) is 11.2 Å². The summed E-state index contributed by atoms with van der Waals surface area (Å²) in [5.74, 6) is 0. The van der Waals surface area contributed by atoms with Gasteiger partial charge in [0.15, 0.2) is 0 Å². The molecule has 108 heavy (non-hydrogen) atoms. The van der Waals surface area contributed by atoms with E-state index in [-0.39, 0.29) is 0 Å². The number of aryl methyl sites for hydroxylation is 2. The molecule has 494 valence electrons. The van der Waals surface area contributed by atoms with Gasteiger partial charge in [-0.05, 0) is 269 Å². The van der Waals surface area contributed by atoms with Crippen LogP contribution in [0.3, 0.4) is 0 Å². The molecule has 0 aliphatic rings. The van der Waals surface area contributed by atoms with Crippen molar-refractivity contribution < 1.29 is 4.42 Å². The molecule has 23 aromatic carbocycles. The van der Waals surface area contributed by atoms with Gasteiger partial charge in [-0.1, -0.05) is 261 Å². The van der Waals surface area contributed by atoms with Crippen molar-refractivity contribution in [2.45, 2.75) is 13.8 Å². The second-order valence-electron chi connectivity index (χ2n) is 30.2. The molecule has 0 aliphatic heterocycles. The second-order valence-corrected chi connectivity index (χ2v) is 31.2. The first-order valence-electron chi connectivity index (χ1n) is 37.4. The van der Waals surface area contributed by atoms with E-state index in [1.165, 1.54) is 227 Å². The highest BCUT2D eigenvalue weighted by atomic mass is 32.1. The highest BCUT2D eigenvalue weighted by molar-refractivity contribution is 7.26. The number of benzene rings is 19. The van der Waals surface area contributed by atoms with Crippen molar-refractivity contribution in [1.29, 1.82) is 5.26 Å². The molecule has 0 aliphatic carbocycles. The van der Waals surface area contributed by atoms with Crippen molar-refractivity contribution in [3.05, 3.63) is 326 Å². The van der Waals surface area contributed by atoms with E-state index in [0.29, 0.717) is 5.56 Å². The molecular formula is C105H57NOS. The molecule has 0 atom stereocenters. The lowest BCUT2D eigenvalue weighted by molar-refractivity contribution is 0.674. The fraction of sp³-hybridized carbons (Fsp3) is 0.0190. The normalized spacial score (nSPS) is 12.5. The highest BCUT2D eigenvalue weighted by Gasteiger charge is 2.32. The van der Waals surface area contributed by atoms with Gasteiger partial charge in [0.2, 0.25) is 0 Å². The van der Waals surface area contributed by atoms with E-state index < -0.39 is 0 Å². The molecule has 0 bridgehead atoms. The predicted molar refractivity (Wildman–Crippen MR) is 463 cm³/mol. The Morgan fingerprint density at radius 2 is 0.639 bits per heavy atom. The summed E-state index contributed by atoms with van der Waals surface area (Å²) in [5, 5.41) is 50.5. The fourth-order valence-corrected chi connectivity index (χ4v) is 21.9. The van der Waals surface area contributed by atoms with E-state index in [4.69, 9.17) is 4.42 Å². The largest absolute Gasteiger partial charge is 0.455 e. The number of hydrogen-bond donors (Lipinski definition) is 0. The average molecular weight is 1380 g/mol. The molecule has 0 fully saturated rings. The number of fused-ring (bicyclic) bond motifs is 24. The minimum absolute atomic E-state index is 0.581. The van der Waals surface area contributed by atoms with Crippen molar-refractivity contribution in [1.82, 2.24) is 0 Å². The van der Waals surface area contributed by atoms with E-state index in [1.807, 2.05) is 11.3 Å². The van der Waals surface area contributed by atoms with Crippen LogP contribution in [0.25, 0.3) is 260 Å². The molecule has 0 amide bonds. The van der Waals surface area contributed by atoms with Crippen LogP contribution in [-0.4, -0.2) is 0 Å². The summed E-state index contributed by atoms with van der Waals surface area (Å²) < 4.78 is 10.2. The van der Waals surface area contributed by atoms with Gasteiger partial charge in [-0.3, -0.25) is 0 Å². The SMILES string of the molecule is Cc1cccc(C)c1-c1ccc2c(c1)sc1c2cc2c3c(-c4ccccc4)c4cc5c6ccc(-c7cc(C#N)cc8c7oc7c8cc8c9c(-c%10ccccc%10)c%10cc%11c%12ccccc%12c%12cccc(c%10c(-c%10ccccc%10)c9c9cccc7c89)c%12%11)cc6c6cccc(c4c(-c4ccccc4)c3c3cccc1c23)c65. The van der Waals surface area contributed by atoms with Crippen molar-refractivity contribution in [2.24, 2.45) is 0 Å². The predicted octanol–water partition coefficient (Wildman–Crippen LogP) is 30.3. The molecule has 0 unspecified atom stereocenters. The molecule has 0 spiro atoms. The van der Waals surface area contributed by atoms with Gasteiger partial charge in [-0.2, -0.15) is 5.26 Å². The van der Waals surface area contributed by atoms with Crippen molar-refractivity contribution in [2.75, 3.05) is 0 Å². The number of nitrogens with zero attached hydrogens (tertiary/aromatic N) is 1. The van der Waals surface area contributed by atoms with Crippen LogP contribution in [0.15, 0.2) is 314 Å². The van der Waals surface area contributed by atoms with Crippen LogP contribution in [0.4, 0.5) is 0 Å².